The molecule has 0 saturated heterocycles. The van der Waals surface area contributed by atoms with Crippen molar-refractivity contribution >= 4 is 35.3 Å². The molecule has 1 aromatic carbocycles. The summed E-state index contributed by atoms with van der Waals surface area (Å²) in [7, 11) is 0. The van der Waals surface area contributed by atoms with Crippen molar-refractivity contribution in [2.75, 3.05) is 0 Å². The molecule has 0 aliphatic carbocycles. The Balaban J connectivity index is 3.30. The van der Waals surface area contributed by atoms with Gasteiger partial charge in [0.05, 0.1) is 10.4 Å². The van der Waals surface area contributed by atoms with Crippen molar-refractivity contribution in [2.24, 2.45) is 0 Å². The van der Waals surface area contributed by atoms with Crippen molar-refractivity contribution < 1.29 is 9.59 Å². The summed E-state index contributed by atoms with van der Waals surface area (Å²) in [6.07, 6.45) is 0.596. The Hall–Kier alpha value is -0.860. The van der Waals surface area contributed by atoms with Crippen molar-refractivity contribution in [2.45, 2.75) is 12.3 Å². The summed E-state index contributed by atoms with van der Waals surface area (Å²) in [5.41, 5.74) is 0.474. The molecule has 0 aromatic heterocycles. The van der Waals surface area contributed by atoms with E-state index in [0.717, 1.165) is 0 Å². The summed E-state index contributed by atoms with van der Waals surface area (Å²) in [5.74, 6) is -0.334. The topological polar surface area (TPSA) is 34.1 Å². The molecule has 0 amide bonds. The second-order valence-electron chi connectivity index (χ2n) is 2.80. The van der Waals surface area contributed by atoms with Gasteiger partial charge in [-0.05, 0) is 13.0 Å². The Bertz CT molecular complexity index is 372. The van der Waals surface area contributed by atoms with Gasteiger partial charge in [0.2, 0.25) is 0 Å². The smallest absolute Gasteiger partial charge is 0.182 e. The number of carbonyl (C=O) groups is 2. The summed E-state index contributed by atoms with van der Waals surface area (Å²) in [6.45, 7) is 1.54. The molecule has 2 nitrogen and oxygen atoms in total. The van der Waals surface area contributed by atoms with E-state index >= 15 is 0 Å². The summed E-state index contributed by atoms with van der Waals surface area (Å²) < 4.78 is 0. The van der Waals surface area contributed by atoms with Gasteiger partial charge in [-0.25, -0.2) is 0 Å². The number of Topliss-reactive ketones (excluding diaryl/α,β-unsaturated/α-hetero) is 1. The van der Waals surface area contributed by atoms with E-state index in [2.05, 4.69) is 0 Å². The molecule has 1 unspecified atom stereocenters. The first kappa shape index (κ1) is 11.2. The molecule has 0 N–H and O–H groups in total. The van der Waals surface area contributed by atoms with Crippen LogP contribution in [-0.2, 0) is 0 Å². The highest BCUT2D eigenvalue weighted by molar-refractivity contribution is 6.39. The Morgan fingerprint density at radius 1 is 1.50 bits per heavy atom. The Labute approximate surface area is 91.8 Å². The monoisotopic (exact) mass is 230 g/mol. The summed E-state index contributed by atoms with van der Waals surface area (Å²) in [4.78, 5) is 22.2. The van der Waals surface area contributed by atoms with Crippen LogP contribution in [0.1, 0.15) is 27.6 Å². The van der Waals surface area contributed by atoms with Crippen LogP contribution in [-0.4, -0.2) is 17.4 Å². The fourth-order valence-electron chi connectivity index (χ4n) is 1.10. The summed E-state index contributed by atoms with van der Waals surface area (Å²) >= 11 is 11.4. The minimum Gasteiger partial charge on any atom is -0.298 e. The molecule has 0 saturated carbocycles. The molecule has 1 aromatic rings. The molecule has 1 rings (SSSR count). The van der Waals surface area contributed by atoms with Crippen LogP contribution >= 0.6 is 23.2 Å². The third-order valence-corrected chi connectivity index (χ3v) is 2.29. The summed E-state index contributed by atoms with van der Waals surface area (Å²) in [6, 6.07) is 4.70. The van der Waals surface area contributed by atoms with Gasteiger partial charge in [-0.1, -0.05) is 23.7 Å². The Kier molecular flexibility index (Phi) is 3.67. The maximum absolute atomic E-state index is 11.6. The van der Waals surface area contributed by atoms with E-state index in [9.17, 15) is 9.59 Å². The quantitative estimate of drug-likeness (QED) is 0.455. The number of hydrogen-bond acceptors (Lipinski definition) is 2. The van der Waals surface area contributed by atoms with Crippen LogP contribution in [0, 0.1) is 0 Å². The maximum Gasteiger partial charge on any atom is 0.182 e. The SMILES string of the molecule is CC(Cl)C(=O)c1c(Cl)cccc1C=O. The van der Waals surface area contributed by atoms with E-state index in [-0.39, 0.29) is 21.9 Å². The Morgan fingerprint density at radius 3 is 2.64 bits per heavy atom. The van der Waals surface area contributed by atoms with Crippen molar-refractivity contribution in [3.63, 3.8) is 0 Å². The van der Waals surface area contributed by atoms with Gasteiger partial charge in [-0.2, -0.15) is 0 Å². The largest absolute Gasteiger partial charge is 0.298 e. The zero-order valence-corrected chi connectivity index (χ0v) is 8.97. The van der Waals surface area contributed by atoms with Crippen LogP contribution in [0.15, 0.2) is 18.2 Å². The minimum absolute atomic E-state index is 0.201. The number of ketones is 1. The molecule has 0 aliphatic rings. The molecular weight excluding hydrogens is 223 g/mol. The van der Waals surface area contributed by atoms with Gasteiger partial charge in [-0.15, -0.1) is 11.6 Å². The molecule has 0 bridgehead atoms. The molecule has 0 spiro atoms. The predicted octanol–water partition coefficient (Wildman–Crippen LogP) is 2.96. The second-order valence-corrected chi connectivity index (χ2v) is 3.86. The molecular formula is C10H8Cl2O2. The highest BCUT2D eigenvalue weighted by Crippen LogP contribution is 2.21. The van der Waals surface area contributed by atoms with Crippen LogP contribution in [0.5, 0.6) is 0 Å². The van der Waals surface area contributed by atoms with Gasteiger partial charge in [0.15, 0.2) is 12.1 Å². The van der Waals surface area contributed by atoms with Gasteiger partial charge < -0.3 is 0 Å². The fourth-order valence-corrected chi connectivity index (χ4v) is 1.48. The highest BCUT2D eigenvalue weighted by Gasteiger charge is 2.18. The van der Waals surface area contributed by atoms with Crippen molar-refractivity contribution in [1.29, 1.82) is 0 Å². The maximum atomic E-state index is 11.6. The van der Waals surface area contributed by atoms with Crippen molar-refractivity contribution in [1.82, 2.24) is 0 Å². The van der Waals surface area contributed by atoms with Crippen LogP contribution in [0.4, 0.5) is 0 Å². The second kappa shape index (κ2) is 4.58. The number of benzene rings is 1. The number of halogens is 2. The first-order valence-corrected chi connectivity index (χ1v) is 4.81. The van der Waals surface area contributed by atoms with Crippen LogP contribution in [0.25, 0.3) is 0 Å². The molecule has 4 heteroatoms. The van der Waals surface area contributed by atoms with Gasteiger partial charge in [-0.3, -0.25) is 9.59 Å². The van der Waals surface area contributed by atoms with E-state index in [4.69, 9.17) is 23.2 Å². The zero-order chi connectivity index (χ0) is 10.7. The molecule has 0 radical (unpaired) electrons. The van der Waals surface area contributed by atoms with Gasteiger partial charge in [0, 0.05) is 11.1 Å². The standard InChI is InChI=1S/C10H8Cl2O2/c1-6(11)10(14)9-7(5-13)3-2-4-8(9)12/h2-6H,1H3. The van der Waals surface area contributed by atoms with Crippen molar-refractivity contribution in [3.8, 4) is 0 Å². The number of alkyl halides is 1. The van der Waals surface area contributed by atoms with Crippen LogP contribution < -0.4 is 0 Å². The number of hydrogen-bond donors (Lipinski definition) is 0. The summed E-state index contributed by atoms with van der Waals surface area (Å²) in [5, 5.41) is -0.430. The van der Waals surface area contributed by atoms with E-state index in [0.29, 0.717) is 6.29 Å². The molecule has 0 aliphatic heterocycles. The number of aldehydes is 1. The Morgan fingerprint density at radius 2 is 2.14 bits per heavy atom. The third-order valence-electron chi connectivity index (χ3n) is 1.78. The van der Waals surface area contributed by atoms with E-state index < -0.39 is 5.38 Å². The van der Waals surface area contributed by atoms with E-state index in [1.165, 1.54) is 6.07 Å². The lowest BCUT2D eigenvalue weighted by Crippen LogP contribution is -2.13. The highest BCUT2D eigenvalue weighted by atomic mass is 35.5. The molecule has 0 fully saturated rings. The lowest BCUT2D eigenvalue weighted by molar-refractivity contribution is 0.0985. The molecule has 0 heterocycles. The van der Waals surface area contributed by atoms with Gasteiger partial charge in [0.1, 0.15) is 0 Å². The van der Waals surface area contributed by atoms with Gasteiger partial charge in [0.25, 0.3) is 0 Å². The van der Waals surface area contributed by atoms with E-state index in [1.54, 1.807) is 19.1 Å². The van der Waals surface area contributed by atoms with Gasteiger partial charge >= 0.3 is 0 Å². The molecule has 14 heavy (non-hydrogen) atoms. The number of carbonyl (C=O) groups excluding carboxylic acids is 2. The molecule has 74 valence electrons. The predicted molar refractivity (Wildman–Crippen MR) is 56.5 cm³/mol. The lowest BCUT2D eigenvalue weighted by Gasteiger charge is -2.07. The minimum atomic E-state index is -0.686. The normalized spacial score (nSPS) is 12.2. The molecule has 1 atom stereocenters. The third kappa shape index (κ3) is 2.14. The first-order valence-electron chi connectivity index (χ1n) is 4.00. The van der Waals surface area contributed by atoms with Crippen LogP contribution in [0.2, 0.25) is 5.02 Å². The average molecular weight is 231 g/mol. The number of rotatable bonds is 3. The average Bonchev–Trinajstić information content (AvgIpc) is 2.16. The fraction of sp³-hybridized carbons (Fsp3) is 0.200. The van der Waals surface area contributed by atoms with Crippen LogP contribution in [0.3, 0.4) is 0 Å². The first-order chi connectivity index (χ1) is 6.57. The lowest BCUT2D eigenvalue weighted by atomic mass is 10.0. The van der Waals surface area contributed by atoms with Crippen molar-refractivity contribution in [3.05, 3.63) is 34.3 Å². The zero-order valence-electron chi connectivity index (χ0n) is 7.46. The van der Waals surface area contributed by atoms with E-state index in [1.807, 2.05) is 0 Å².